The van der Waals surface area contributed by atoms with Gasteiger partial charge >= 0.3 is 0 Å². The maximum Gasteiger partial charge on any atom is 0.255 e. The first kappa shape index (κ1) is 24.9. The number of amides is 1. The van der Waals surface area contributed by atoms with Gasteiger partial charge in [-0.3, -0.25) is 14.3 Å². The molecule has 0 spiro atoms. The van der Waals surface area contributed by atoms with Crippen molar-refractivity contribution >= 4 is 5.91 Å². The van der Waals surface area contributed by atoms with Crippen LogP contribution in [0.5, 0.6) is 5.75 Å². The Morgan fingerprint density at radius 1 is 1.00 bits per heavy atom. The second kappa shape index (κ2) is 11.5. The van der Waals surface area contributed by atoms with Crippen molar-refractivity contribution in [2.45, 2.75) is 26.2 Å². The number of nitrogens with one attached hydrogen (secondary N) is 1. The van der Waals surface area contributed by atoms with Gasteiger partial charge in [-0.2, -0.15) is 5.10 Å². The molecule has 8 nitrogen and oxygen atoms in total. The monoisotopic (exact) mass is 490 g/mol. The average molecular weight is 491 g/mol. The number of nitrogens with zero attached hydrogens (tertiary/aromatic N) is 3. The lowest BCUT2D eigenvalue weighted by atomic mass is 10.1. The van der Waals surface area contributed by atoms with E-state index in [2.05, 4.69) is 10.4 Å². The molecule has 1 N–H and O–H groups in total. The van der Waals surface area contributed by atoms with Gasteiger partial charge in [0.15, 0.2) is 0 Å². The molecular weight excluding hydrogens is 463 g/mol. The lowest BCUT2D eigenvalue weighted by Gasteiger charge is -2.07. The number of rotatable bonds is 10. The fraction of sp³-hybridized carbons (Fsp3) is 0.222. The third kappa shape index (κ3) is 6.25. The topological polar surface area (TPSA) is 87.4 Å². The summed E-state index contributed by atoms with van der Waals surface area (Å²) in [5.41, 5.74) is 3.42. The van der Waals surface area contributed by atoms with Gasteiger partial charge in [0.2, 0.25) is 0 Å². The highest BCUT2D eigenvalue weighted by atomic mass is 19.1. The first-order chi connectivity index (χ1) is 17.4. The van der Waals surface area contributed by atoms with Gasteiger partial charge in [-0.1, -0.05) is 30.3 Å². The first-order valence-electron chi connectivity index (χ1n) is 11.4. The minimum absolute atomic E-state index is 0.0499. The van der Waals surface area contributed by atoms with Crippen LogP contribution in [0, 0.1) is 5.82 Å². The van der Waals surface area contributed by atoms with Crippen molar-refractivity contribution in [3.8, 4) is 5.75 Å². The molecule has 0 aliphatic carbocycles. The number of halogens is 1. The molecule has 0 fully saturated rings. The molecule has 9 heteroatoms. The van der Waals surface area contributed by atoms with Crippen LogP contribution in [-0.4, -0.2) is 34.5 Å². The van der Waals surface area contributed by atoms with Crippen LogP contribution in [0.2, 0.25) is 0 Å². The highest BCUT2D eigenvalue weighted by Crippen LogP contribution is 2.17. The Hall–Kier alpha value is -4.24. The zero-order chi connectivity index (χ0) is 25.5. The Morgan fingerprint density at radius 2 is 1.75 bits per heavy atom. The van der Waals surface area contributed by atoms with Crippen molar-refractivity contribution in [2.75, 3.05) is 14.2 Å². The van der Waals surface area contributed by atoms with Crippen LogP contribution in [0.4, 0.5) is 4.39 Å². The quantitative estimate of drug-likeness (QED) is 0.368. The summed E-state index contributed by atoms with van der Waals surface area (Å²) in [4.78, 5) is 24.8. The van der Waals surface area contributed by atoms with Crippen LogP contribution in [0.1, 0.15) is 32.7 Å². The SMILES string of the molecule is COCc1nn(Cc2ccc(Cn3ccccc3=O)cc2)cc1C(=O)NCc1cc(F)cc(OC)c1. The number of methoxy groups -OCH3 is 2. The molecule has 4 aromatic rings. The van der Waals surface area contributed by atoms with E-state index in [1.54, 1.807) is 33.8 Å². The Bertz CT molecular complexity index is 1400. The molecule has 0 unspecified atom stereocenters. The molecular formula is C27H27FN4O4. The molecule has 2 aromatic carbocycles. The number of carbonyl (C=O) groups is 1. The largest absolute Gasteiger partial charge is 0.497 e. The summed E-state index contributed by atoms with van der Waals surface area (Å²) in [5.74, 6) is -0.387. The van der Waals surface area contributed by atoms with E-state index >= 15 is 0 Å². The lowest BCUT2D eigenvalue weighted by Crippen LogP contribution is -2.23. The molecule has 0 atom stereocenters. The van der Waals surface area contributed by atoms with Gasteiger partial charge in [0.25, 0.3) is 11.5 Å². The average Bonchev–Trinajstić information content (AvgIpc) is 3.27. The Balaban J connectivity index is 1.44. The maximum absolute atomic E-state index is 13.8. The fourth-order valence-electron chi connectivity index (χ4n) is 3.82. The second-order valence-electron chi connectivity index (χ2n) is 8.29. The summed E-state index contributed by atoms with van der Waals surface area (Å²) < 4.78 is 27.4. The first-order valence-corrected chi connectivity index (χ1v) is 11.4. The molecule has 2 heterocycles. The van der Waals surface area contributed by atoms with E-state index in [-0.39, 0.29) is 24.6 Å². The predicted octanol–water partition coefficient (Wildman–Crippen LogP) is 3.37. The standard InChI is InChI=1S/C27H27FN4O4/c1-35-18-25-24(27(34)29-14-21-11-22(28)13-23(12-21)36-2)17-32(30-25)16-20-8-6-19(7-9-20)15-31-10-4-3-5-26(31)33/h3-13,17H,14-16,18H2,1-2H3,(H,29,34). The van der Waals surface area contributed by atoms with Crippen molar-refractivity contribution in [3.05, 3.63) is 117 Å². The van der Waals surface area contributed by atoms with Crippen LogP contribution in [0.25, 0.3) is 0 Å². The zero-order valence-electron chi connectivity index (χ0n) is 20.1. The fourth-order valence-corrected chi connectivity index (χ4v) is 3.82. The zero-order valence-corrected chi connectivity index (χ0v) is 20.1. The summed E-state index contributed by atoms with van der Waals surface area (Å²) in [6.07, 6.45) is 3.43. The molecule has 0 saturated carbocycles. The molecule has 36 heavy (non-hydrogen) atoms. The third-order valence-electron chi connectivity index (χ3n) is 5.60. The van der Waals surface area contributed by atoms with Crippen molar-refractivity contribution in [2.24, 2.45) is 0 Å². The molecule has 0 aliphatic heterocycles. The number of hydrogen-bond donors (Lipinski definition) is 1. The molecule has 4 rings (SSSR count). The van der Waals surface area contributed by atoms with Gasteiger partial charge in [0, 0.05) is 38.2 Å². The summed E-state index contributed by atoms with van der Waals surface area (Å²) >= 11 is 0. The summed E-state index contributed by atoms with van der Waals surface area (Å²) in [6.45, 7) is 1.25. The molecule has 1 amide bonds. The lowest BCUT2D eigenvalue weighted by molar-refractivity contribution is 0.0945. The number of benzene rings is 2. The van der Waals surface area contributed by atoms with Gasteiger partial charge in [-0.25, -0.2) is 4.39 Å². The number of carbonyl (C=O) groups excluding carboxylic acids is 1. The highest BCUT2D eigenvalue weighted by Gasteiger charge is 2.17. The van der Waals surface area contributed by atoms with Crippen molar-refractivity contribution in [1.29, 1.82) is 0 Å². The van der Waals surface area contributed by atoms with Gasteiger partial charge < -0.3 is 19.4 Å². The van der Waals surface area contributed by atoms with E-state index < -0.39 is 5.82 Å². The van der Waals surface area contributed by atoms with E-state index in [9.17, 15) is 14.0 Å². The normalized spacial score (nSPS) is 10.9. The Labute approximate surface area is 207 Å². The Kier molecular flexibility index (Phi) is 7.92. The van der Waals surface area contributed by atoms with E-state index in [1.165, 1.54) is 32.4 Å². The molecule has 186 valence electrons. The minimum Gasteiger partial charge on any atom is -0.497 e. The van der Waals surface area contributed by atoms with Gasteiger partial charge in [-0.05, 0) is 34.9 Å². The van der Waals surface area contributed by atoms with Gasteiger partial charge in [-0.15, -0.1) is 0 Å². The van der Waals surface area contributed by atoms with Gasteiger partial charge in [0.1, 0.15) is 17.3 Å². The Morgan fingerprint density at radius 3 is 2.44 bits per heavy atom. The molecule has 0 bridgehead atoms. The van der Waals surface area contributed by atoms with Crippen LogP contribution in [0.15, 0.2) is 77.9 Å². The number of ether oxygens (including phenoxy) is 2. The van der Waals surface area contributed by atoms with E-state index in [1.807, 2.05) is 30.3 Å². The molecule has 0 saturated heterocycles. The van der Waals surface area contributed by atoms with Crippen molar-refractivity contribution < 1.29 is 18.7 Å². The van der Waals surface area contributed by atoms with Crippen LogP contribution >= 0.6 is 0 Å². The van der Waals surface area contributed by atoms with Crippen LogP contribution in [-0.2, 0) is 31.0 Å². The van der Waals surface area contributed by atoms with E-state index in [0.717, 1.165) is 11.1 Å². The van der Waals surface area contributed by atoms with Crippen molar-refractivity contribution in [3.63, 3.8) is 0 Å². The second-order valence-corrected chi connectivity index (χ2v) is 8.29. The molecule has 2 aromatic heterocycles. The smallest absolute Gasteiger partial charge is 0.255 e. The minimum atomic E-state index is -0.437. The summed E-state index contributed by atoms with van der Waals surface area (Å²) in [6, 6.07) is 17.2. The number of aromatic nitrogens is 3. The number of pyridine rings is 1. The highest BCUT2D eigenvalue weighted by molar-refractivity contribution is 5.95. The third-order valence-corrected chi connectivity index (χ3v) is 5.60. The number of hydrogen-bond acceptors (Lipinski definition) is 5. The predicted molar refractivity (Wildman–Crippen MR) is 132 cm³/mol. The van der Waals surface area contributed by atoms with Crippen LogP contribution < -0.4 is 15.6 Å². The molecule has 0 radical (unpaired) electrons. The maximum atomic E-state index is 13.8. The van der Waals surface area contributed by atoms with E-state index in [0.29, 0.717) is 35.7 Å². The van der Waals surface area contributed by atoms with E-state index in [4.69, 9.17) is 9.47 Å². The van der Waals surface area contributed by atoms with Crippen molar-refractivity contribution in [1.82, 2.24) is 19.7 Å². The molecule has 0 aliphatic rings. The van der Waals surface area contributed by atoms with Gasteiger partial charge in [0.05, 0.1) is 32.4 Å². The summed E-state index contributed by atoms with van der Waals surface area (Å²) in [5, 5.41) is 7.33. The summed E-state index contributed by atoms with van der Waals surface area (Å²) in [7, 11) is 3.00. The van der Waals surface area contributed by atoms with Crippen LogP contribution in [0.3, 0.4) is 0 Å².